The maximum atomic E-state index is 12.0. The molecular weight excluding hydrogens is 344 g/mol. The van der Waals surface area contributed by atoms with Crippen molar-refractivity contribution in [2.75, 3.05) is 20.8 Å². The van der Waals surface area contributed by atoms with Gasteiger partial charge in [-0.3, -0.25) is 4.79 Å². The Balaban J connectivity index is 1.89. The fourth-order valence-electron chi connectivity index (χ4n) is 2.10. The molecule has 1 amide bonds. The fraction of sp³-hybridized carbons (Fsp3) is 0.235. The highest BCUT2D eigenvalue weighted by Gasteiger charge is 2.14. The number of amides is 1. The van der Waals surface area contributed by atoms with Gasteiger partial charge in [-0.2, -0.15) is 0 Å². The Labute approximate surface area is 147 Å². The molecule has 2 N–H and O–H groups in total. The molecule has 0 fully saturated rings. The zero-order valence-electron chi connectivity index (χ0n) is 14.0. The molecule has 2 aromatic rings. The molecule has 0 heterocycles. The third-order valence-electron chi connectivity index (χ3n) is 3.41. The number of carbonyl (C=O) groups excluding carboxylic acids is 1. The number of methoxy groups -OCH3 is 2. The van der Waals surface area contributed by atoms with Gasteiger partial charge in [0.2, 0.25) is 15.9 Å². The molecular formula is C17H20N2O5S. The zero-order chi connectivity index (χ0) is 18.3. The molecule has 134 valence electrons. The molecule has 0 aliphatic carbocycles. The normalized spacial score (nSPS) is 11.0. The number of hydrogen-bond donors (Lipinski definition) is 2. The lowest BCUT2D eigenvalue weighted by Gasteiger charge is -2.11. The maximum Gasteiger partial charge on any atom is 0.241 e. The Morgan fingerprint density at radius 1 is 1.00 bits per heavy atom. The van der Waals surface area contributed by atoms with E-state index in [4.69, 9.17) is 9.47 Å². The van der Waals surface area contributed by atoms with Crippen molar-refractivity contribution in [2.45, 2.75) is 11.4 Å². The van der Waals surface area contributed by atoms with Gasteiger partial charge in [0.25, 0.3) is 0 Å². The van der Waals surface area contributed by atoms with E-state index in [0.717, 1.165) is 5.56 Å². The maximum absolute atomic E-state index is 12.0. The minimum absolute atomic E-state index is 0.114. The summed E-state index contributed by atoms with van der Waals surface area (Å²) >= 11 is 0. The van der Waals surface area contributed by atoms with Crippen LogP contribution in [0, 0.1) is 0 Å². The molecule has 0 aliphatic heterocycles. The van der Waals surface area contributed by atoms with E-state index < -0.39 is 15.9 Å². The second kappa shape index (κ2) is 8.50. The van der Waals surface area contributed by atoms with Crippen molar-refractivity contribution in [1.82, 2.24) is 10.0 Å². The summed E-state index contributed by atoms with van der Waals surface area (Å²) in [5.74, 6) is 0.710. The fourth-order valence-corrected chi connectivity index (χ4v) is 3.10. The Hall–Kier alpha value is -2.58. The number of rotatable bonds is 8. The highest BCUT2D eigenvalue weighted by atomic mass is 32.2. The van der Waals surface area contributed by atoms with Crippen molar-refractivity contribution in [2.24, 2.45) is 0 Å². The standard InChI is InChI=1S/C17H20N2O5S/c1-23-15-9-8-13(10-16(15)24-2)11-18-17(20)12-19-25(21,22)14-6-4-3-5-7-14/h3-10,19H,11-12H2,1-2H3,(H,18,20). The van der Waals surface area contributed by atoms with Gasteiger partial charge in [-0.05, 0) is 29.8 Å². The number of nitrogens with one attached hydrogen (secondary N) is 2. The van der Waals surface area contributed by atoms with E-state index in [-0.39, 0.29) is 18.0 Å². The van der Waals surface area contributed by atoms with Crippen molar-refractivity contribution < 1.29 is 22.7 Å². The van der Waals surface area contributed by atoms with Gasteiger partial charge in [-0.1, -0.05) is 24.3 Å². The van der Waals surface area contributed by atoms with E-state index >= 15 is 0 Å². The summed E-state index contributed by atoms with van der Waals surface area (Å²) in [6.45, 7) is -0.100. The Bertz CT molecular complexity index is 822. The Morgan fingerprint density at radius 2 is 1.68 bits per heavy atom. The predicted octanol–water partition coefficient (Wildman–Crippen LogP) is 1.30. The van der Waals surface area contributed by atoms with Crippen LogP contribution in [0.3, 0.4) is 0 Å². The Kier molecular flexibility index (Phi) is 6.37. The first-order valence-corrected chi connectivity index (χ1v) is 8.97. The van der Waals surface area contributed by atoms with Crippen molar-refractivity contribution in [3.05, 3.63) is 54.1 Å². The summed E-state index contributed by atoms with van der Waals surface area (Å²) < 4.78 is 36.7. The van der Waals surface area contributed by atoms with Gasteiger partial charge in [0, 0.05) is 6.54 Å². The second-order valence-electron chi connectivity index (χ2n) is 5.10. The summed E-state index contributed by atoms with van der Waals surface area (Å²) in [5, 5.41) is 2.65. The number of ether oxygens (including phenoxy) is 2. The van der Waals surface area contributed by atoms with Crippen LogP contribution < -0.4 is 19.5 Å². The van der Waals surface area contributed by atoms with Gasteiger partial charge in [-0.15, -0.1) is 0 Å². The van der Waals surface area contributed by atoms with Crippen molar-refractivity contribution in [1.29, 1.82) is 0 Å². The van der Waals surface area contributed by atoms with Crippen molar-refractivity contribution in [3.8, 4) is 11.5 Å². The van der Waals surface area contributed by atoms with Crippen LogP contribution in [0.4, 0.5) is 0 Å². The summed E-state index contributed by atoms with van der Waals surface area (Å²) in [6, 6.07) is 13.1. The molecule has 0 aromatic heterocycles. The minimum atomic E-state index is -3.71. The Morgan fingerprint density at radius 3 is 2.32 bits per heavy atom. The number of sulfonamides is 1. The molecule has 0 unspecified atom stereocenters. The van der Waals surface area contributed by atoms with Gasteiger partial charge in [0.1, 0.15) is 0 Å². The number of carbonyl (C=O) groups is 1. The molecule has 0 aliphatic rings. The first kappa shape index (κ1) is 18.8. The molecule has 0 bridgehead atoms. The van der Waals surface area contributed by atoms with Crippen LogP contribution in [0.5, 0.6) is 11.5 Å². The van der Waals surface area contributed by atoms with Crippen LogP contribution >= 0.6 is 0 Å². The topological polar surface area (TPSA) is 93.7 Å². The summed E-state index contributed by atoms with van der Waals surface area (Å²) in [5.41, 5.74) is 0.803. The van der Waals surface area contributed by atoms with E-state index in [2.05, 4.69) is 10.0 Å². The molecule has 7 nitrogen and oxygen atoms in total. The van der Waals surface area contributed by atoms with Crippen LogP contribution in [0.25, 0.3) is 0 Å². The molecule has 2 rings (SSSR count). The van der Waals surface area contributed by atoms with E-state index in [0.29, 0.717) is 11.5 Å². The molecule has 0 radical (unpaired) electrons. The van der Waals surface area contributed by atoms with E-state index in [1.807, 2.05) is 0 Å². The summed E-state index contributed by atoms with van der Waals surface area (Å²) in [7, 11) is -0.639. The first-order chi connectivity index (χ1) is 12.0. The van der Waals surface area contributed by atoms with Crippen LogP contribution in [0.2, 0.25) is 0 Å². The molecule has 0 saturated heterocycles. The third kappa shape index (κ3) is 5.20. The number of hydrogen-bond acceptors (Lipinski definition) is 5. The average molecular weight is 364 g/mol. The second-order valence-corrected chi connectivity index (χ2v) is 6.87. The lowest BCUT2D eigenvalue weighted by Crippen LogP contribution is -2.36. The summed E-state index contributed by atoms with van der Waals surface area (Å²) in [4.78, 5) is 12.0. The molecule has 0 atom stereocenters. The largest absolute Gasteiger partial charge is 0.493 e. The summed E-state index contributed by atoms with van der Waals surface area (Å²) in [6.07, 6.45) is 0. The molecule has 25 heavy (non-hydrogen) atoms. The van der Waals surface area contributed by atoms with Crippen LogP contribution in [-0.4, -0.2) is 35.1 Å². The lowest BCUT2D eigenvalue weighted by molar-refractivity contribution is -0.120. The van der Waals surface area contributed by atoms with Gasteiger partial charge < -0.3 is 14.8 Å². The monoisotopic (exact) mass is 364 g/mol. The highest BCUT2D eigenvalue weighted by molar-refractivity contribution is 7.89. The lowest BCUT2D eigenvalue weighted by atomic mass is 10.2. The van der Waals surface area contributed by atoms with E-state index in [1.165, 1.54) is 26.4 Å². The van der Waals surface area contributed by atoms with Crippen LogP contribution in [0.1, 0.15) is 5.56 Å². The number of benzene rings is 2. The third-order valence-corrected chi connectivity index (χ3v) is 4.83. The molecule has 0 saturated carbocycles. The van der Waals surface area contributed by atoms with Gasteiger partial charge >= 0.3 is 0 Å². The SMILES string of the molecule is COc1ccc(CNC(=O)CNS(=O)(=O)c2ccccc2)cc1OC. The first-order valence-electron chi connectivity index (χ1n) is 7.48. The smallest absolute Gasteiger partial charge is 0.241 e. The minimum Gasteiger partial charge on any atom is -0.493 e. The van der Waals surface area contributed by atoms with Crippen LogP contribution in [-0.2, 0) is 21.4 Å². The van der Waals surface area contributed by atoms with Crippen molar-refractivity contribution >= 4 is 15.9 Å². The van der Waals surface area contributed by atoms with Crippen molar-refractivity contribution in [3.63, 3.8) is 0 Å². The van der Waals surface area contributed by atoms with E-state index in [9.17, 15) is 13.2 Å². The van der Waals surface area contributed by atoms with E-state index in [1.54, 1.807) is 36.4 Å². The molecule has 8 heteroatoms. The highest BCUT2D eigenvalue weighted by Crippen LogP contribution is 2.27. The van der Waals surface area contributed by atoms with Gasteiger partial charge in [0.15, 0.2) is 11.5 Å². The van der Waals surface area contributed by atoms with Gasteiger partial charge in [-0.25, -0.2) is 13.1 Å². The molecule has 2 aromatic carbocycles. The van der Waals surface area contributed by atoms with Gasteiger partial charge in [0.05, 0.1) is 25.7 Å². The quantitative estimate of drug-likeness (QED) is 0.736. The molecule has 0 spiro atoms. The predicted molar refractivity (Wildman–Crippen MR) is 93.0 cm³/mol. The van der Waals surface area contributed by atoms with Crippen LogP contribution in [0.15, 0.2) is 53.4 Å². The average Bonchev–Trinajstić information content (AvgIpc) is 2.65. The zero-order valence-corrected chi connectivity index (χ0v) is 14.8.